The number of morpholine rings is 1. The van der Waals surface area contributed by atoms with Gasteiger partial charge in [0.1, 0.15) is 0 Å². The molecule has 140 valence electrons. The van der Waals surface area contributed by atoms with Gasteiger partial charge in [0.15, 0.2) is 0 Å². The van der Waals surface area contributed by atoms with E-state index in [0.29, 0.717) is 0 Å². The smallest absolute Gasteiger partial charge is 0.255 e. The van der Waals surface area contributed by atoms with E-state index in [9.17, 15) is 4.79 Å². The van der Waals surface area contributed by atoms with E-state index < -0.39 is 0 Å². The van der Waals surface area contributed by atoms with Crippen molar-refractivity contribution in [3.8, 4) is 0 Å². The molecule has 26 heavy (non-hydrogen) atoms. The fourth-order valence-corrected chi connectivity index (χ4v) is 4.26. The van der Waals surface area contributed by atoms with Gasteiger partial charge in [-0.1, -0.05) is 23.8 Å². The first kappa shape index (κ1) is 17.6. The molecule has 0 unspecified atom stereocenters. The minimum absolute atomic E-state index is 0.137. The number of piperidine rings is 1. The minimum Gasteiger partial charge on any atom is -0.378 e. The third-order valence-electron chi connectivity index (χ3n) is 5.78. The van der Waals surface area contributed by atoms with Crippen LogP contribution in [-0.4, -0.2) is 62.4 Å². The number of carbonyl (C=O) groups is 1. The van der Waals surface area contributed by atoms with Gasteiger partial charge in [0, 0.05) is 31.9 Å². The fraction of sp³-hybridized carbons (Fsp3) is 0.571. The second kappa shape index (κ2) is 7.41. The highest BCUT2D eigenvalue weighted by Gasteiger charge is 2.37. The summed E-state index contributed by atoms with van der Waals surface area (Å²) in [6, 6.07) is 7.98. The molecule has 0 aliphatic carbocycles. The van der Waals surface area contributed by atoms with E-state index >= 15 is 0 Å². The van der Waals surface area contributed by atoms with Crippen LogP contribution in [0.2, 0.25) is 0 Å². The number of ether oxygens (including phenoxy) is 2. The summed E-state index contributed by atoms with van der Waals surface area (Å²) in [5, 5.41) is 0. The van der Waals surface area contributed by atoms with Crippen LogP contribution in [0, 0.1) is 0 Å². The Morgan fingerprint density at radius 1 is 1.04 bits per heavy atom. The molecule has 0 N–H and O–H groups in total. The van der Waals surface area contributed by atoms with Crippen molar-refractivity contribution in [1.29, 1.82) is 0 Å². The van der Waals surface area contributed by atoms with Gasteiger partial charge >= 0.3 is 0 Å². The lowest BCUT2D eigenvalue weighted by atomic mass is 9.86. The standard InChI is InChI=1S/C21H28N2O3/c1-17-6-13-26-21(16-17)7-9-23(10-8-21)20(24)18-4-2-3-5-19(18)22-11-14-25-15-12-22/h2-5,16H,6-15H2,1H3. The van der Waals surface area contributed by atoms with Gasteiger partial charge in [-0.2, -0.15) is 0 Å². The molecule has 2 fully saturated rings. The molecule has 3 aliphatic heterocycles. The van der Waals surface area contributed by atoms with Crippen LogP contribution in [0.3, 0.4) is 0 Å². The lowest BCUT2D eigenvalue weighted by Gasteiger charge is -2.42. The largest absolute Gasteiger partial charge is 0.378 e. The van der Waals surface area contributed by atoms with Crippen LogP contribution in [0.15, 0.2) is 35.9 Å². The molecule has 1 aromatic rings. The number of benzene rings is 1. The lowest BCUT2D eigenvalue weighted by molar-refractivity contribution is -0.0522. The van der Waals surface area contributed by atoms with Crippen LogP contribution in [0.25, 0.3) is 0 Å². The first-order valence-corrected chi connectivity index (χ1v) is 9.70. The molecular formula is C21H28N2O3. The van der Waals surface area contributed by atoms with Crippen LogP contribution in [-0.2, 0) is 9.47 Å². The molecule has 3 aliphatic rings. The summed E-state index contributed by atoms with van der Waals surface area (Å²) < 4.78 is 11.5. The molecule has 3 heterocycles. The average molecular weight is 356 g/mol. The number of hydrogen-bond acceptors (Lipinski definition) is 4. The van der Waals surface area contributed by atoms with Crippen LogP contribution in [0.4, 0.5) is 5.69 Å². The third kappa shape index (κ3) is 3.51. The summed E-state index contributed by atoms with van der Waals surface area (Å²) in [4.78, 5) is 17.5. The summed E-state index contributed by atoms with van der Waals surface area (Å²) in [6.07, 6.45) is 5.09. The fourth-order valence-electron chi connectivity index (χ4n) is 4.26. The van der Waals surface area contributed by atoms with E-state index in [0.717, 1.165) is 76.5 Å². The number of anilines is 1. The first-order valence-electron chi connectivity index (χ1n) is 9.70. The third-order valence-corrected chi connectivity index (χ3v) is 5.78. The predicted molar refractivity (Wildman–Crippen MR) is 102 cm³/mol. The summed E-state index contributed by atoms with van der Waals surface area (Å²) >= 11 is 0. The van der Waals surface area contributed by atoms with Crippen molar-refractivity contribution in [2.75, 3.05) is 50.9 Å². The maximum atomic E-state index is 13.2. The van der Waals surface area contributed by atoms with Gasteiger partial charge in [0.2, 0.25) is 0 Å². The van der Waals surface area contributed by atoms with Gasteiger partial charge in [0.05, 0.1) is 31.0 Å². The number of rotatable bonds is 2. The number of para-hydroxylation sites is 1. The Kier molecular flexibility index (Phi) is 5.00. The second-order valence-electron chi connectivity index (χ2n) is 7.56. The topological polar surface area (TPSA) is 42.0 Å². The Labute approximate surface area is 155 Å². The van der Waals surface area contributed by atoms with E-state index in [-0.39, 0.29) is 11.5 Å². The van der Waals surface area contributed by atoms with Crippen molar-refractivity contribution in [1.82, 2.24) is 4.90 Å². The Morgan fingerprint density at radius 3 is 2.50 bits per heavy atom. The van der Waals surface area contributed by atoms with E-state index in [1.807, 2.05) is 23.1 Å². The number of hydrogen-bond donors (Lipinski definition) is 0. The highest BCUT2D eigenvalue weighted by atomic mass is 16.5. The van der Waals surface area contributed by atoms with Gasteiger partial charge in [0.25, 0.3) is 5.91 Å². The Morgan fingerprint density at radius 2 is 1.77 bits per heavy atom. The summed E-state index contributed by atoms with van der Waals surface area (Å²) in [5.74, 6) is 0.137. The summed E-state index contributed by atoms with van der Waals surface area (Å²) in [7, 11) is 0. The van der Waals surface area contributed by atoms with E-state index in [2.05, 4.69) is 24.0 Å². The molecular weight excluding hydrogens is 328 g/mol. The van der Waals surface area contributed by atoms with Crippen molar-refractivity contribution in [3.05, 3.63) is 41.5 Å². The van der Waals surface area contributed by atoms with Crippen molar-refractivity contribution in [2.45, 2.75) is 31.8 Å². The zero-order chi connectivity index (χ0) is 18.0. The Hall–Kier alpha value is -1.85. The van der Waals surface area contributed by atoms with Crippen LogP contribution >= 0.6 is 0 Å². The molecule has 1 aromatic carbocycles. The molecule has 0 bridgehead atoms. The molecule has 0 atom stereocenters. The van der Waals surface area contributed by atoms with Gasteiger partial charge in [-0.3, -0.25) is 4.79 Å². The zero-order valence-electron chi connectivity index (χ0n) is 15.6. The zero-order valence-corrected chi connectivity index (χ0v) is 15.6. The number of nitrogens with zero attached hydrogens (tertiary/aromatic N) is 2. The predicted octanol–water partition coefficient (Wildman–Crippen LogP) is 2.86. The van der Waals surface area contributed by atoms with E-state index in [1.54, 1.807) is 0 Å². The highest BCUT2D eigenvalue weighted by molar-refractivity contribution is 6.00. The minimum atomic E-state index is -0.150. The maximum absolute atomic E-state index is 13.2. The van der Waals surface area contributed by atoms with Gasteiger partial charge in [-0.05, 0) is 38.3 Å². The number of likely N-dealkylation sites (tertiary alicyclic amines) is 1. The highest BCUT2D eigenvalue weighted by Crippen LogP contribution is 2.34. The molecule has 0 aromatic heterocycles. The van der Waals surface area contributed by atoms with Gasteiger partial charge < -0.3 is 19.3 Å². The van der Waals surface area contributed by atoms with Crippen molar-refractivity contribution in [3.63, 3.8) is 0 Å². The molecule has 4 rings (SSSR count). The lowest BCUT2D eigenvalue weighted by Crippen LogP contribution is -2.48. The van der Waals surface area contributed by atoms with Crippen LogP contribution in [0.5, 0.6) is 0 Å². The molecule has 2 saturated heterocycles. The second-order valence-corrected chi connectivity index (χ2v) is 7.56. The summed E-state index contributed by atoms with van der Waals surface area (Å²) in [5.41, 5.74) is 3.10. The van der Waals surface area contributed by atoms with Gasteiger partial charge in [-0.15, -0.1) is 0 Å². The van der Waals surface area contributed by atoms with E-state index in [1.165, 1.54) is 5.57 Å². The quantitative estimate of drug-likeness (QED) is 0.764. The molecule has 0 radical (unpaired) electrons. The maximum Gasteiger partial charge on any atom is 0.255 e. The van der Waals surface area contributed by atoms with Crippen molar-refractivity contribution >= 4 is 11.6 Å². The number of amides is 1. The SMILES string of the molecule is CC1=CC2(CCN(C(=O)c3ccccc3N3CCOCC3)CC2)OCC1. The number of carbonyl (C=O) groups excluding carboxylic acids is 1. The molecule has 5 nitrogen and oxygen atoms in total. The monoisotopic (exact) mass is 356 g/mol. The first-order chi connectivity index (χ1) is 12.7. The Balaban J connectivity index is 1.48. The summed E-state index contributed by atoms with van der Waals surface area (Å²) in [6.45, 7) is 7.60. The Bertz CT molecular complexity index is 686. The molecule has 1 amide bonds. The normalized spacial score (nSPS) is 23.0. The molecule has 1 spiro atoms. The molecule has 0 saturated carbocycles. The van der Waals surface area contributed by atoms with Crippen molar-refractivity contribution < 1.29 is 14.3 Å². The van der Waals surface area contributed by atoms with Crippen molar-refractivity contribution in [2.24, 2.45) is 0 Å². The van der Waals surface area contributed by atoms with Crippen LogP contribution < -0.4 is 4.90 Å². The van der Waals surface area contributed by atoms with E-state index in [4.69, 9.17) is 9.47 Å². The molecule has 5 heteroatoms. The van der Waals surface area contributed by atoms with Gasteiger partial charge in [-0.25, -0.2) is 0 Å². The average Bonchev–Trinajstić information content (AvgIpc) is 2.69. The van der Waals surface area contributed by atoms with Crippen LogP contribution in [0.1, 0.15) is 36.5 Å².